The molecule has 0 bridgehead atoms. The monoisotopic (exact) mass is 559 g/mol. The minimum absolute atomic E-state index is 0.0616. The number of nitrogen functional groups attached to an aromatic ring is 1. The van der Waals surface area contributed by atoms with E-state index in [1.54, 1.807) is 0 Å². The van der Waals surface area contributed by atoms with Crippen LogP contribution in [0.3, 0.4) is 0 Å². The number of alkyl halides is 4. The van der Waals surface area contributed by atoms with Crippen LogP contribution in [0.1, 0.15) is 35.7 Å². The Kier molecular flexibility index (Phi) is 7.47. The number of methoxy groups -OCH3 is 1. The Morgan fingerprint density at radius 1 is 1.26 bits per heavy atom. The number of sulfonamides is 1. The van der Waals surface area contributed by atoms with E-state index in [-0.39, 0.29) is 35.0 Å². The molecule has 4 heterocycles. The predicted molar refractivity (Wildman–Crippen MR) is 129 cm³/mol. The third-order valence-corrected chi connectivity index (χ3v) is 8.04. The molecule has 0 aromatic carbocycles. The molecule has 1 aliphatic heterocycles. The third kappa shape index (κ3) is 5.22. The maximum Gasteiger partial charge on any atom is 0.418 e. The fourth-order valence-corrected chi connectivity index (χ4v) is 5.87. The molecule has 0 unspecified atom stereocenters. The number of anilines is 1. The molecule has 3 N–H and O–H groups in total. The molecule has 206 valence electrons. The zero-order chi connectivity index (χ0) is 27.8. The zero-order valence-corrected chi connectivity index (χ0v) is 21.2. The quantitative estimate of drug-likeness (QED) is 0.400. The van der Waals surface area contributed by atoms with Crippen molar-refractivity contribution in [3.05, 3.63) is 35.8 Å². The van der Waals surface area contributed by atoms with Crippen LogP contribution in [-0.2, 0) is 16.2 Å². The van der Waals surface area contributed by atoms with Crippen molar-refractivity contribution in [2.24, 2.45) is 0 Å². The van der Waals surface area contributed by atoms with Gasteiger partial charge in [-0.05, 0) is 18.6 Å². The van der Waals surface area contributed by atoms with Gasteiger partial charge in [-0.25, -0.2) is 27.3 Å². The Balaban J connectivity index is 1.66. The van der Waals surface area contributed by atoms with E-state index in [0.29, 0.717) is 12.8 Å². The zero-order valence-electron chi connectivity index (χ0n) is 20.4. The average molecular weight is 560 g/mol. The van der Waals surface area contributed by atoms with Gasteiger partial charge in [-0.2, -0.15) is 22.6 Å². The van der Waals surface area contributed by atoms with E-state index >= 15 is 0 Å². The summed E-state index contributed by atoms with van der Waals surface area (Å²) in [4.78, 5) is 20.8. The lowest BCUT2D eigenvalue weighted by atomic mass is 10.1. The number of nitrogens with one attached hydrogen (secondary N) is 1. The lowest BCUT2D eigenvalue weighted by molar-refractivity contribution is -0.136. The Labute approximate surface area is 215 Å². The number of carbonyl (C=O) groups excluding carboxylic acids is 1. The van der Waals surface area contributed by atoms with Crippen LogP contribution in [0.25, 0.3) is 16.8 Å². The third-order valence-electron chi connectivity index (χ3n) is 6.15. The summed E-state index contributed by atoms with van der Waals surface area (Å²) in [5, 5.41) is 6.33. The van der Waals surface area contributed by atoms with Gasteiger partial charge >= 0.3 is 6.18 Å². The van der Waals surface area contributed by atoms with E-state index in [1.165, 1.54) is 19.4 Å². The molecule has 1 saturated heterocycles. The first-order valence-corrected chi connectivity index (χ1v) is 13.1. The molecule has 4 rings (SSSR count). The smallest absolute Gasteiger partial charge is 0.418 e. The van der Waals surface area contributed by atoms with Gasteiger partial charge in [-0.3, -0.25) is 4.79 Å². The predicted octanol–water partition coefficient (Wildman–Crippen LogP) is 2.28. The van der Waals surface area contributed by atoms with Crippen LogP contribution in [0.4, 0.5) is 23.4 Å². The van der Waals surface area contributed by atoms with Gasteiger partial charge in [0.1, 0.15) is 23.6 Å². The van der Waals surface area contributed by atoms with Crippen LogP contribution >= 0.6 is 0 Å². The number of pyridine rings is 1. The van der Waals surface area contributed by atoms with E-state index in [4.69, 9.17) is 10.5 Å². The molecule has 11 nitrogen and oxygen atoms in total. The Morgan fingerprint density at radius 2 is 2.00 bits per heavy atom. The summed E-state index contributed by atoms with van der Waals surface area (Å²) in [5.74, 6) is -1.54. The van der Waals surface area contributed by atoms with Gasteiger partial charge in [-0.1, -0.05) is 13.3 Å². The summed E-state index contributed by atoms with van der Waals surface area (Å²) in [5.41, 5.74) is 3.92. The number of hydrogen-bond acceptors (Lipinski definition) is 8. The summed E-state index contributed by atoms with van der Waals surface area (Å²) < 4.78 is 87.8. The highest BCUT2D eigenvalue weighted by Crippen LogP contribution is 2.39. The van der Waals surface area contributed by atoms with Crippen molar-refractivity contribution in [2.75, 3.05) is 31.7 Å². The average Bonchev–Trinajstić information content (AvgIpc) is 3.44. The molecule has 2 atom stereocenters. The van der Waals surface area contributed by atoms with E-state index in [0.717, 1.165) is 21.2 Å². The summed E-state index contributed by atoms with van der Waals surface area (Å²) >= 11 is 0. The SMILES string of the molecule is CCCCS(=O)(=O)N1C[C@H](F)[C@H](NC(=O)c2cc(-c3cc(C(F)(F)F)c4c(N)ncnn34)cnc2OC)C1. The minimum Gasteiger partial charge on any atom is -0.480 e. The molecule has 0 saturated carbocycles. The van der Waals surface area contributed by atoms with E-state index < -0.39 is 57.8 Å². The van der Waals surface area contributed by atoms with Gasteiger partial charge in [0.25, 0.3) is 5.91 Å². The highest BCUT2D eigenvalue weighted by atomic mass is 32.2. The number of ether oxygens (including phenoxy) is 1. The number of rotatable bonds is 8. The number of unbranched alkanes of at least 4 members (excludes halogenated alkanes) is 1. The summed E-state index contributed by atoms with van der Waals surface area (Å²) in [6.07, 6.45) is -3.20. The second-order valence-electron chi connectivity index (χ2n) is 8.71. The summed E-state index contributed by atoms with van der Waals surface area (Å²) in [7, 11) is -2.46. The number of aromatic nitrogens is 4. The van der Waals surface area contributed by atoms with Crippen LogP contribution in [0.15, 0.2) is 24.7 Å². The molecule has 0 spiro atoms. The lowest BCUT2D eigenvalue weighted by Crippen LogP contribution is -2.42. The van der Waals surface area contributed by atoms with Crippen molar-refractivity contribution in [3.63, 3.8) is 0 Å². The molecule has 16 heteroatoms. The molecule has 1 aliphatic rings. The molecular weight excluding hydrogens is 534 g/mol. The Morgan fingerprint density at radius 3 is 2.66 bits per heavy atom. The second kappa shape index (κ2) is 10.3. The Bertz CT molecular complexity index is 1460. The first-order valence-electron chi connectivity index (χ1n) is 11.5. The lowest BCUT2D eigenvalue weighted by Gasteiger charge is -2.17. The van der Waals surface area contributed by atoms with Crippen LogP contribution < -0.4 is 15.8 Å². The number of halogens is 4. The van der Waals surface area contributed by atoms with Crippen LogP contribution in [-0.4, -0.2) is 76.4 Å². The fourth-order valence-electron chi connectivity index (χ4n) is 4.20. The first kappa shape index (κ1) is 27.5. The molecule has 0 radical (unpaired) electrons. The number of amides is 1. The normalized spacial score (nSPS) is 18.7. The minimum atomic E-state index is -4.77. The molecule has 3 aromatic rings. The van der Waals surface area contributed by atoms with Crippen molar-refractivity contribution < 1.29 is 35.5 Å². The fraction of sp³-hybridized carbons (Fsp3) is 0.455. The van der Waals surface area contributed by atoms with Crippen LogP contribution in [0.2, 0.25) is 0 Å². The number of hydrogen-bond donors (Lipinski definition) is 2. The second-order valence-corrected chi connectivity index (χ2v) is 10.8. The van der Waals surface area contributed by atoms with Gasteiger partial charge in [0.05, 0.1) is 30.2 Å². The maximum atomic E-state index is 14.7. The van der Waals surface area contributed by atoms with Crippen LogP contribution in [0, 0.1) is 0 Å². The number of nitrogens with zero attached hydrogens (tertiary/aromatic N) is 5. The standard InChI is InChI=1S/C22H25F4N7O4S/c1-3-4-5-38(35,36)32-9-15(23)16(10-32)31-20(34)13-6-12(8-28-21(13)37-2)17-7-14(22(24,25)26)18-19(27)29-11-30-33(17)18/h6-8,11,15-16H,3-5,9-10H2,1-2H3,(H,31,34)(H2,27,29,30)/t15-,16+/m0/s1. The van der Waals surface area contributed by atoms with E-state index in [2.05, 4.69) is 20.4 Å². The summed E-state index contributed by atoms with van der Waals surface area (Å²) in [6.45, 7) is 1.17. The molecule has 1 fully saturated rings. The first-order chi connectivity index (χ1) is 17.9. The van der Waals surface area contributed by atoms with Gasteiger partial charge < -0.3 is 15.8 Å². The van der Waals surface area contributed by atoms with Crippen molar-refractivity contribution in [2.45, 2.75) is 38.2 Å². The number of carbonyl (C=O) groups is 1. The largest absolute Gasteiger partial charge is 0.480 e. The molecule has 0 aliphatic carbocycles. The Hall–Kier alpha value is -3.53. The number of nitrogens with two attached hydrogens (primary N) is 1. The molecule has 3 aromatic heterocycles. The van der Waals surface area contributed by atoms with Gasteiger partial charge in [0, 0.05) is 24.8 Å². The topological polar surface area (TPSA) is 145 Å². The van der Waals surface area contributed by atoms with E-state index in [9.17, 15) is 30.8 Å². The maximum absolute atomic E-state index is 14.7. The van der Waals surface area contributed by atoms with E-state index in [1.807, 2.05) is 6.92 Å². The van der Waals surface area contributed by atoms with Crippen LogP contribution in [0.5, 0.6) is 5.88 Å². The van der Waals surface area contributed by atoms with Crippen molar-refractivity contribution in [1.82, 2.24) is 29.2 Å². The van der Waals surface area contributed by atoms with Crippen molar-refractivity contribution in [1.29, 1.82) is 0 Å². The van der Waals surface area contributed by atoms with Crippen molar-refractivity contribution in [3.8, 4) is 17.1 Å². The highest BCUT2D eigenvalue weighted by Gasteiger charge is 2.40. The molecule has 38 heavy (non-hydrogen) atoms. The molecule has 1 amide bonds. The van der Waals surface area contributed by atoms with Gasteiger partial charge in [0.15, 0.2) is 5.82 Å². The highest BCUT2D eigenvalue weighted by molar-refractivity contribution is 7.89. The van der Waals surface area contributed by atoms with Gasteiger partial charge in [-0.15, -0.1) is 0 Å². The molecular formula is C22H25F4N7O4S. The summed E-state index contributed by atoms with van der Waals surface area (Å²) in [6, 6.07) is 0.879. The van der Waals surface area contributed by atoms with Gasteiger partial charge in [0.2, 0.25) is 15.9 Å². The number of fused-ring (bicyclic) bond motifs is 1. The van der Waals surface area contributed by atoms with Crippen molar-refractivity contribution >= 4 is 27.3 Å².